The normalized spacial score (nSPS) is 19.1. The molecule has 3 heterocycles. The van der Waals surface area contributed by atoms with Gasteiger partial charge in [-0.1, -0.05) is 47.9 Å². The van der Waals surface area contributed by atoms with Crippen molar-refractivity contribution in [3.05, 3.63) is 54.9 Å². The Balaban J connectivity index is 1.82. The molecule has 0 bridgehead atoms. The van der Waals surface area contributed by atoms with Gasteiger partial charge in [0.25, 0.3) is 11.5 Å². The minimum atomic E-state index is -1.25. The zero-order valence-electron chi connectivity index (χ0n) is 16.9. The highest BCUT2D eigenvalue weighted by atomic mass is 32.2. The van der Waals surface area contributed by atoms with E-state index in [1.807, 2.05) is 36.2 Å². The monoisotopic (exact) mass is 521 g/mol. The van der Waals surface area contributed by atoms with Crippen LogP contribution in [-0.4, -0.2) is 55.4 Å². The lowest BCUT2D eigenvalue weighted by molar-refractivity contribution is -0.140. The summed E-state index contributed by atoms with van der Waals surface area (Å²) in [5.41, 5.74) is 0.480. The van der Waals surface area contributed by atoms with Gasteiger partial charge in [0.05, 0.1) is 15.2 Å². The topological polar surface area (TPSA) is 120 Å². The maximum atomic E-state index is 13.0. The Labute approximate surface area is 204 Å². The fourth-order valence-corrected chi connectivity index (χ4v) is 6.70. The molecule has 13 heteroatoms. The third-order valence-electron chi connectivity index (χ3n) is 4.69. The number of aromatic nitrogens is 1. The van der Waals surface area contributed by atoms with Crippen LogP contribution < -0.4 is 19.7 Å². The Kier molecular flexibility index (Phi) is 6.47. The van der Waals surface area contributed by atoms with E-state index in [1.165, 1.54) is 11.8 Å². The summed E-state index contributed by atoms with van der Waals surface area (Å²) in [4.78, 5) is 52.2. The van der Waals surface area contributed by atoms with Crippen LogP contribution in [0, 0.1) is 0 Å². The molecule has 1 aromatic heterocycles. The van der Waals surface area contributed by atoms with Crippen LogP contribution in [0.25, 0.3) is 11.0 Å². The molecule has 1 saturated heterocycles. The lowest BCUT2D eigenvalue weighted by Gasteiger charge is -2.12. The van der Waals surface area contributed by atoms with E-state index in [0.717, 1.165) is 48.2 Å². The Bertz CT molecular complexity index is 1420. The van der Waals surface area contributed by atoms with Crippen molar-refractivity contribution in [3.8, 4) is 0 Å². The summed E-state index contributed by atoms with van der Waals surface area (Å²) in [7, 11) is 1.91. The summed E-state index contributed by atoms with van der Waals surface area (Å²) in [6, 6.07) is 7.85. The van der Waals surface area contributed by atoms with Crippen molar-refractivity contribution < 1.29 is 24.6 Å². The van der Waals surface area contributed by atoms with Crippen molar-refractivity contribution >= 4 is 85.9 Å². The Morgan fingerprint density at radius 3 is 2.42 bits per heavy atom. The van der Waals surface area contributed by atoms with Crippen LogP contribution in [0.1, 0.15) is 0 Å². The zero-order chi connectivity index (χ0) is 23.9. The summed E-state index contributed by atoms with van der Waals surface area (Å²) in [5.74, 6) is -3.15. The third-order valence-corrected chi connectivity index (χ3v) is 8.59. The number of amides is 1. The number of carboxylic acid groups (broad SMARTS) is 2. The molecule has 2 aliphatic rings. The minimum absolute atomic E-state index is 0.0366. The van der Waals surface area contributed by atoms with Gasteiger partial charge in [0.1, 0.15) is 27.0 Å². The standard InChI is InChI=1S/C20H15N3O6S4/c1-21-10-4-2-3-5-11(10)31-13(21)7-6-12-17(28)22(8-14(24)25)19(32-12)16-18(29)23(9-15(26)27)20(30)33-16/h2-7H,8-9H2,1H3,(H,24,25)(H,26,27)/b12-6?,13-7?,19-16+. The third kappa shape index (κ3) is 4.49. The highest BCUT2D eigenvalue weighted by molar-refractivity contribution is 8.30. The molecule has 1 fully saturated rings. The molecule has 1 aromatic carbocycles. The molecule has 2 aromatic rings. The summed E-state index contributed by atoms with van der Waals surface area (Å²) in [6.07, 6.45) is 3.36. The molecule has 0 radical (unpaired) electrons. The molecule has 0 saturated carbocycles. The number of thioether (sulfide) groups is 2. The smallest absolute Gasteiger partial charge is 0.323 e. The first-order chi connectivity index (χ1) is 15.7. The molecular formula is C20H15N3O6S4. The minimum Gasteiger partial charge on any atom is -0.480 e. The number of thiocarbonyl (C=S) groups is 1. The molecular weight excluding hydrogens is 507 g/mol. The lowest BCUT2D eigenvalue weighted by atomic mass is 10.3. The largest absolute Gasteiger partial charge is 0.480 e. The van der Waals surface area contributed by atoms with Crippen LogP contribution in [-0.2, 0) is 20.9 Å². The number of thiazole rings is 1. The second kappa shape index (κ2) is 9.17. The van der Waals surface area contributed by atoms with E-state index in [1.54, 1.807) is 12.2 Å². The first-order valence-corrected chi connectivity index (χ1v) is 12.2. The zero-order valence-corrected chi connectivity index (χ0v) is 20.1. The van der Waals surface area contributed by atoms with Crippen LogP contribution in [0.5, 0.6) is 0 Å². The number of hydrogen-bond acceptors (Lipinski definition) is 9. The number of rotatable bonds is 5. The number of allylic oxidation sites excluding steroid dienone is 1. The first-order valence-electron chi connectivity index (χ1n) is 9.31. The van der Waals surface area contributed by atoms with E-state index in [2.05, 4.69) is 0 Å². The van der Waals surface area contributed by atoms with Crippen LogP contribution in [0.2, 0.25) is 0 Å². The number of para-hydroxylation sites is 1. The van der Waals surface area contributed by atoms with Crippen LogP contribution in [0.3, 0.4) is 0 Å². The van der Waals surface area contributed by atoms with Crippen molar-refractivity contribution in [2.75, 3.05) is 18.5 Å². The number of fused-ring (bicyclic) bond motifs is 1. The van der Waals surface area contributed by atoms with Crippen molar-refractivity contribution in [2.45, 2.75) is 11.4 Å². The summed E-state index contributed by atoms with van der Waals surface area (Å²) in [5, 5.41) is 19.2. The maximum Gasteiger partial charge on any atom is 0.323 e. The molecule has 33 heavy (non-hydrogen) atoms. The SMILES string of the molecule is CN1C(=CC=c2s/c(=C3/SC(=S)N(CC(=O)O)C3=O)n(CC(=O)O)c2=O)Sc2ccccc21. The van der Waals surface area contributed by atoms with Gasteiger partial charge in [-0.15, -0.1) is 11.3 Å². The molecule has 2 aliphatic heterocycles. The van der Waals surface area contributed by atoms with Crippen molar-refractivity contribution in [1.82, 2.24) is 9.47 Å². The van der Waals surface area contributed by atoms with Crippen LogP contribution in [0.15, 0.2) is 45.1 Å². The van der Waals surface area contributed by atoms with E-state index in [9.17, 15) is 24.3 Å². The Morgan fingerprint density at radius 1 is 1.06 bits per heavy atom. The second-order valence-corrected chi connectivity index (χ2v) is 10.6. The molecule has 4 rings (SSSR count). The quantitative estimate of drug-likeness (QED) is 0.550. The molecule has 170 valence electrons. The molecule has 0 aliphatic carbocycles. The van der Waals surface area contributed by atoms with Gasteiger partial charge < -0.3 is 15.1 Å². The lowest BCUT2D eigenvalue weighted by Crippen LogP contribution is -2.36. The van der Waals surface area contributed by atoms with Gasteiger partial charge in [0.15, 0.2) is 0 Å². The highest BCUT2D eigenvalue weighted by Gasteiger charge is 2.35. The van der Waals surface area contributed by atoms with Gasteiger partial charge in [0, 0.05) is 11.9 Å². The molecule has 9 nitrogen and oxygen atoms in total. The predicted molar refractivity (Wildman–Crippen MR) is 132 cm³/mol. The predicted octanol–water partition coefficient (Wildman–Crippen LogP) is 0.911. The average Bonchev–Trinajstić information content (AvgIpc) is 3.34. The average molecular weight is 522 g/mol. The number of hydrogen-bond donors (Lipinski definition) is 2. The van der Waals surface area contributed by atoms with Gasteiger partial charge >= 0.3 is 11.9 Å². The molecule has 2 N–H and O–H groups in total. The molecule has 0 unspecified atom stereocenters. The Hall–Kier alpha value is -2.87. The first kappa shape index (κ1) is 23.3. The van der Waals surface area contributed by atoms with E-state index in [0.29, 0.717) is 0 Å². The van der Waals surface area contributed by atoms with Crippen molar-refractivity contribution in [2.24, 2.45) is 0 Å². The fourth-order valence-electron chi connectivity index (χ4n) is 3.19. The highest BCUT2D eigenvalue weighted by Crippen LogP contribution is 2.44. The van der Waals surface area contributed by atoms with Crippen molar-refractivity contribution in [3.63, 3.8) is 0 Å². The van der Waals surface area contributed by atoms with Gasteiger partial charge in [-0.2, -0.15) is 0 Å². The van der Waals surface area contributed by atoms with Gasteiger partial charge in [0.2, 0.25) is 0 Å². The number of nitrogens with zero attached hydrogens (tertiary/aromatic N) is 3. The Morgan fingerprint density at radius 2 is 1.76 bits per heavy atom. The van der Waals surface area contributed by atoms with Gasteiger partial charge in [-0.25, -0.2) is 0 Å². The second-order valence-electron chi connectivity index (χ2n) is 6.84. The number of benzene rings is 1. The maximum absolute atomic E-state index is 13.0. The number of carbonyl (C=O) groups is 3. The van der Waals surface area contributed by atoms with E-state index in [-0.39, 0.29) is 18.4 Å². The van der Waals surface area contributed by atoms with Gasteiger partial charge in [-0.3, -0.25) is 28.6 Å². The number of aliphatic carboxylic acids is 2. The van der Waals surface area contributed by atoms with Gasteiger partial charge in [-0.05, 0) is 24.3 Å². The number of carbonyl (C=O) groups excluding carboxylic acids is 1. The van der Waals surface area contributed by atoms with Crippen LogP contribution >= 0.6 is 47.1 Å². The fraction of sp³-hybridized carbons (Fsp3) is 0.150. The van der Waals surface area contributed by atoms with Crippen LogP contribution in [0.4, 0.5) is 5.69 Å². The van der Waals surface area contributed by atoms with E-state index < -0.39 is 36.5 Å². The summed E-state index contributed by atoms with van der Waals surface area (Å²) < 4.78 is 1.42. The van der Waals surface area contributed by atoms with Crippen molar-refractivity contribution in [1.29, 1.82) is 0 Å². The van der Waals surface area contributed by atoms with E-state index in [4.69, 9.17) is 17.3 Å². The molecule has 1 amide bonds. The summed E-state index contributed by atoms with van der Waals surface area (Å²) >= 11 is 8.47. The molecule has 0 spiro atoms. The number of anilines is 1. The van der Waals surface area contributed by atoms with E-state index >= 15 is 0 Å². The number of carboxylic acids is 2. The molecule has 0 atom stereocenters. The summed E-state index contributed by atoms with van der Waals surface area (Å²) in [6.45, 7) is -1.25.